The lowest BCUT2D eigenvalue weighted by atomic mass is 10.0. The molecule has 0 saturated carbocycles. The van der Waals surface area contributed by atoms with E-state index in [1.165, 1.54) is 14.2 Å². The van der Waals surface area contributed by atoms with Crippen LogP contribution >= 0.6 is 11.9 Å². The average molecular weight is 372 g/mol. The van der Waals surface area contributed by atoms with Gasteiger partial charge in [0.2, 0.25) is 0 Å². The molecule has 0 bridgehead atoms. The van der Waals surface area contributed by atoms with Crippen LogP contribution in [0, 0.1) is 12.3 Å². The van der Waals surface area contributed by atoms with E-state index in [1.54, 1.807) is 12.1 Å². The summed E-state index contributed by atoms with van der Waals surface area (Å²) in [5, 5.41) is 7.60. The molecule has 2 aromatic carbocycles. The predicted molar refractivity (Wildman–Crippen MR) is 102 cm³/mol. The predicted octanol–water partition coefficient (Wildman–Crippen LogP) is 3.81. The van der Waals surface area contributed by atoms with Crippen molar-refractivity contribution in [2.75, 3.05) is 14.2 Å². The number of carbonyl (C=O) groups is 2. The normalized spacial score (nSPS) is 10.1. The number of likely N-dealkylation sites (N-methyl/N-ethyl adjacent to an activating group) is 1. The number of nitrogens with zero attached hydrogens (tertiary/aromatic N) is 1. The van der Waals surface area contributed by atoms with Crippen molar-refractivity contribution in [1.29, 1.82) is 5.41 Å². The summed E-state index contributed by atoms with van der Waals surface area (Å²) >= 11 is 0.599. The van der Waals surface area contributed by atoms with Crippen molar-refractivity contribution in [3.05, 3.63) is 65.2 Å². The van der Waals surface area contributed by atoms with Crippen molar-refractivity contribution in [3.8, 4) is 5.75 Å². The number of rotatable bonds is 5. The maximum absolute atomic E-state index is 12.4. The zero-order valence-corrected chi connectivity index (χ0v) is 15.6. The second kappa shape index (κ2) is 9.05. The van der Waals surface area contributed by atoms with Crippen LogP contribution in [0.15, 0.2) is 48.5 Å². The van der Waals surface area contributed by atoms with Crippen molar-refractivity contribution >= 4 is 28.9 Å². The van der Waals surface area contributed by atoms with E-state index in [1.807, 2.05) is 43.3 Å². The van der Waals surface area contributed by atoms with Gasteiger partial charge in [-0.2, -0.15) is 0 Å². The molecule has 0 fully saturated rings. The molecule has 0 aliphatic rings. The van der Waals surface area contributed by atoms with Gasteiger partial charge < -0.3 is 9.47 Å². The van der Waals surface area contributed by atoms with Crippen molar-refractivity contribution in [2.24, 2.45) is 0 Å². The molecule has 0 heterocycles. The number of amides is 1. The molecule has 0 atom stereocenters. The highest BCUT2D eigenvalue weighted by Gasteiger charge is 2.22. The lowest BCUT2D eigenvalue weighted by molar-refractivity contribution is -0.118. The van der Waals surface area contributed by atoms with E-state index in [4.69, 9.17) is 10.1 Å². The first-order valence-corrected chi connectivity index (χ1v) is 8.60. The molecular formula is C19H20N2O4S. The number of hydrogen-bond acceptors (Lipinski definition) is 6. The molecule has 1 N–H and O–H groups in total. The Hall–Kier alpha value is -2.80. The van der Waals surface area contributed by atoms with Gasteiger partial charge in [0.1, 0.15) is 18.1 Å². The Morgan fingerprint density at radius 3 is 2.46 bits per heavy atom. The molecule has 0 spiro atoms. The number of para-hydroxylation sites is 1. The summed E-state index contributed by atoms with van der Waals surface area (Å²) in [5.74, 6) is 0.155. The first-order valence-electron chi connectivity index (χ1n) is 7.83. The Morgan fingerprint density at radius 2 is 1.77 bits per heavy atom. The van der Waals surface area contributed by atoms with Crippen molar-refractivity contribution in [2.45, 2.75) is 13.5 Å². The lowest BCUT2D eigenvalue weighted by Crippen LogP contribution is -2.30. The zero-order valence-electron chi connectivity index (χ0n) is 14.8. The third-order valence-electron chi connectivity index (χ3n) is 3.64. The van der Waals surface area contributed by atoms with Gasteiger partial charge in [0.25, 0.3) is 5.91 Å². The maximum atomic E-state index is 12.4. The second-order valence-electron chi connectivity index (χ2n) is 5.43. The van der Waals surface area contributed by atoms with E-state index >= 15 is 0 Å². The average Bonchev–Trinajstić information content (AvgIpc) is 2.66. The van der Waals surface area contributed by atoms with Crippen LogP contribution in [0.5, 0.6) is 5.75 Å². The van der Waals surface area contributed by atoms with Gasteiger partial charge in [-0.15, -0.1) is 0 Å². The van der Waals surface area contributed by atoms with Crippen LogP contribution in [0.4, 0.5) is 4.79 Å². The first-order chi connectivity index (χ1) is 12.4. The molecule has 2 rings (SSSR count). The number of nitrogens with one attached hydrogen (secondary N) is 1. The third kappa shape index (κ3) is 4.86. The summed E-state index contributed by atoms with van der Waals surface area (Å²) in [7, 11) is 2.65. The van der Waals surface area contributed by atoms with Crippen molar-refractivity contribution in [3.63, 3.8) is 0 Å². The molecule has 0 unspecified atom stereocenters. The highest BCUT2D eigenvalue weighted by atomic mass is 32.2. The van der Waals surface area contributed by atoms with Crippen LogP contribution in [0.2, 0.25) is 0 Å². The molecule has 136 valence electrons. The fraction of sp³-hybridized carbons (Fsp3) is 0.211. The van der Waals surface area contributed by atoms with Crippen molar-refractivity contribution < 1.29 is 19.1 Å². The summed E-state index contributed by atoms with van der Waals surface area (Å²) in [4.78, 5) is 23.7. The zero-order chi connectivity index (χ0) is 19.1. The molecule has 7 heteroatoms. The number of benzene rings is 2. The van der Waals surface area contributed by atoms with Gasteiger partial charge >= 0.3 is 5.30 Å². The summed E-state index contributed by atoms with van der Waals surface area (Å²) in [6, 6.07) is 14.7. The second-order valence-corrected chi connectivity index (χ2v) is 6.50. The lowest BCUT2D eigenvalue weighted by Gasteiger charge is -2.17. The number of methoxy groups -OCH3 is 1. The van der Waals surface area contributed by atoms with Crippen LogP contribution in [0.1, 0.15) is 16.7 Å². The molecule has 2 aromatic rings. The maximum Gasteiger partial charge on any atom is 0.388 e. The van der Waals surface area contributed by atoms with Gasteiger partial charge in [-0.25, -0.2) is 4.79 Å². The van der Waals surface area contributed by atoms with E-state index in [0.717, 1.165) is 15.6 Å². The minimum atomic E-state index is -0.621. The molecule has 26 heavy (non-hydrogen) atoms. The fourth-order valence-corrected chi connectivity index (χ4v) is 2.70. The van der Waals surface area contributed by atoms with Crippen LogP contribution in [0.3, 0.4) is 0 Å². The van der Waals surface area contributed by atoms with E-state index < -0.39 is 11.2 Å². The largest absolute Gasteiger partial charge is 0.489 e. The van der Waals surface area contributed by atoms with Gasteiger partial charge in [-0.1, -0.05) is 42.5 Å². The Morgan fingerprint density at radius 1 is 1.12 bits per heavy atom. The van der Waals surface area contributed by atoms with E-state index in [2.05, 4.69) is 4.74 Å². The Bertz CT molecular complexity index is 823. The van der Waals surface area contributed by atoms with E-state index in [-0.39, 0.29) is 12.3 Å². The van der Waals surface area contributed by atoms with Gasteiger partial charge in [-0.3, -0.25) is 14.5 Å². The molecule has 0 radical (unpaired) electrons. The molecular weight excluding hydrogens is 352 g/mol. The number of carbonyl (C=O) groups excluding carboxylic acids is 2. The SMILES string of the molecule is COC(=O)SN(C)C(=O)C(=N)c1ccccc1COc1ccccc1C. The van der Waals surface area contributed by atoms with Gasteiger partial charge in [0.15, 0.2) is 0 Å². The minimum absolute atomic E-state index is 0.215. The summed E-state index contributed by atoms with van der Waals surface area (Å²) in [6.07, 6.45) is 0. The third-order valence-corrected chi connectivity index (χ3v) is 4.40. The minimum Gasteiger partial charge on any atom is -0.489 e. The summed E-state index contributed by atoms with van der Waals surface area (Å²) in [5.41, 5.74) is 1.97. The van der Waals surface area contributed by atoms with Gasteiger partial charge in [0.05, 0.1) is 19.1 Å². The number of ether oxygens (including phenoxy) is 2. The quantitative estimate of drug-likeness (QED) is 0.490. The van der Waals surface area contributed by atoms with Gasteiger partial charge in [0, 0.05) is 12.6 Å². The summed E-state index contributed by atoms with van der Waals surface area (Å²) < 4.78 is 11.4. The Balaban J connectivity index is 2.15. The van der Waals surface area contributed by atoms with Gasteiger partial charge in [-0.05, 0) is 24.1 Å². The van der Waals surface area contributed by atoms with Crippen molar-refractivity contribution in [1.82, 2.24) is 4.31 Å². The molecule has 1 amide bonds. The number of aryl methyl sites for hydroxylation is 1. The molecule has 0 aliphatic heterocycles. The molecule has 6 nitrogen and oxygen atoms in total. The highest BCUT2D eigenvalue weighted by Crippen LogP contribution is 2.20. The highest BCUT2D eigenvalue weighted by molar-refractivity contribution is 8.11. The number of hydrogen-bond donors (Lipinski definition) is 1. The van der Waals surface area contributed by atoms with Crippen LogP contribution < -0.4 is 4.74 Å². The van der Waals surface area contributed by atoms with Crippen LogP contribution in [-0.4, -0.2) is 35.4 Å². The standard InChI is InChI=1S/C19H20N2O4S/c1-13-8-4-7-11-16(13)25-12-14-9-5-6-10-15(14)17(20)18(22)21(2)26-19(23)24-3/h4-11,20H,12H2,1-3H3. The molecule has 0 aromatic heterocycles. The summed E-state index contributed by atoms with van der Waals surface area (Å²) in [6.45, 7) is 2.18. The topological polar surface area (TPSA) is 79.7 Å². The first kappa shape index (κ1) is 19.5. The Labute approximate surface area is 156 Å². The Kier molecular flexibility index (Phi) is 6.80. The molecule has 0 aliphatic carbocycles. The molecule has 0 saturated heterocycles. The van der Waals surface area contributed by atoms with Crippen LogP contribution in [0.25, 0.3) is 0 Å². The van der Waals surface area contributed by atoms with Crippen LogP contribution in [-0.2, 0) is 16.1 Å². The fourth-order valence-electron chi connectivity index (χ4n) is 2.23. The smallest absolute Gasteiger partial charge is 0.388 e. The van der Waals surface area contributed by atoms with E-state index in [9.17, 15) is 9.59 Å². The van der Waals surface area contributed by atoms with E-state index in [0.29, 0.717) is 23.1 Å². The monoisotopic (exact) mass is 372 g/mol.